The zero-order valence-corrected chi connectivity index (χ0v) is 15.9. The van der Waals surface area contributed by atoms with Gasteiger partial charge in [0.1, 0.15) is 5.75 Å². The number of halogens is 2. The van der Waals surface area contributed by atoms with Crippen molar-refractivity contribution in [1.82, 2.24) is 0 Å². The Labute approximate surface area is 164 Å². The molecule has 0 aliphatic carbocycles. The summed E-state index contributed by atoms with van der Waals surface area (Å²) in [5.41, 5.74) is 0.0797. The summed E-state index contributed by atoms with van der Waals surface area (Å²) in [5, 5.41) is 11.5. The largest absolute Gasteiger partial charge is 0.484 e. The van der Waals surface area contributed by atoms with Crippen molar-refractivity contribution in [2.45, 2.75) is 23.5 Å². The second-order valence-electron chi connectivity index (χ2n) is 6.03. The number of nitrogens with zero attached hydrogens (tertiary/aromatic N) is 2. The number of carbonyl (C=O) groups is 1. The van der Waals surface area contributed by atoms with Gasteiger partial charge in [-0.3, -0.25) is 14.9 Å². The Morgan fingerprint density at radius 3 is 2.89 bits per heavy atom. The Morgan fingerprint density at radius 2 is 2.19 bits per heavy atom. The van der Waals surface area contributed by atoms with Crippen LogP contribution in [0.25, 0.3) is 0 Å². The molecule has 2 aromatic rings. The van der Waals surface area contributed by atoms with Crippen molar-refractivity contribution < 1.29 is 18.8 Å². The first-order valence-electron chi connectivity index (χ1n) is 8.18. The highest BCUT2D eigenvalue weighted by Gasteiger charge is 2.25. The summed E-state index contributed by atoms with van der Waals surface area (Å²) in [6.07, 6.45) is 0.800. The van der Waals surface area contributed by atoms with Crippen molar-refractivity contribution in [2.24, 2.45) is 0 Å². The topological polar surface area (TPSA) is 72.7 Å². The van der Waals surface area contributed by atoms with E-state index in [1.165, 1.54) is 6.07 Å². The second kappa shape index (κ2) is 8.14. The van der Waals surface area contributed by atoms with Gasteiger partial charge in [-0.1, -0.05) is 18.5 Å². The van der Waals surface area contributed by atoms with Crippen LogP contribution < -0.4 is 9.64 Å². The molecule has 0 bridgehead atoms. The molecule has 27 heavy (non-hydrogen) atoms. The van der Waals surface area contributed by atoms with Gasteiger partial charge in [0, 0.05) is 33.8 Å². The third-order valence-corrected chi connectivity index (χ3v) is 5.55. The van der Waals surface area contributed by atoms with E-state index >= 15 is 0 Å². The molecule has 2 aromatic carbocycles. The molecule has 1 aliphatic heterocycles. The van der Waals surface area contributed by atoms with Crippen molar-refractivity contribution in [3.05, 3.63) is 57.4 Å². The van der Waals surface area contributed by atoms with E-state index in [2.05, 4.69) is 6.92 Å². The van der Waals surface area contributed by atoms with Gasteiger partial charge in [0.2, 0.25) is 5.82 Å². The number of thioether (sulfide) groups is 1. The third kappa shape index (κ3) is 4.51. The molecule has 1 amide bonds. The molecule has 0 fully saturated rings. The number of fused-ring (bicyclic) bond motifs is 1. The molecular weight excluding hydrogens is 395 g/mol. The summed E-state index contributed by atoms with van der Waals surface area (Å²) in [6.45, 7) is 2.29. The number of hydrogen-bond donors (Lipinski definition) is 0. The average Bonchev–Trinajstić information content (AvgIpc) is 2.77. The van der Waals surface area contributed by atoms with Crippen LogP contribution in [0.2, 0.25) is 5.02 Å². The zero-order chi connectivity index (χ0) is 19.6. The predicted octanol–water partition coefficient (Wildman–Crippen LogP) is 4.68. The number of ether oxygens (including phenoxy) is 1. The van der Waals surface area contributed by atoms with Gasteiger partial charge in [-0.05, 0) is 30.7 Å². The molecule has 0 saturated heterocycles. The minimum atomic E-state index is -1.01. The number of rotatable bonds is 4. The van der Waals surface area contributed by atoms with Crippen LogP contribution in [-0.4, -0.2) is 29.2 Å². The average molecular weight is 411 g/mol. The molecular formula is C18H16ClFN2O4S. The molecule has 9 heteroatoms. The molecule has 1 unspecified atom stereocenters. The van der Waals surface area contributed by atoms with Gasteiger partial charge < -0.3 is 9.64 Å². The minimum absolute atomic E-state index is 0.0512. The van der Waals surface area contributed by atoms with Crippen molar-refractivity contribution in [2.75, 3.05) is 18.1 Å². The summed E-state index contributed by atoms with van der Waals surface area (Å²) in [6, 6.07) is 8.58. The lowest BCUT2D eigenvalue weighted by Gasteiger charge is -2.22. The number of nitro groups is 1. The van der Waals surface area contributed by atoms with Crippen LogP contribution in [-0.2, 0) is 4.79 Å². The molecule has 1 heterocycles. The van der Waals surface area contributed by atoms with E-state index in [9.17, 15) is 19.3 Å². The zero-order valence-electron chi connectivity index (χ0n) is 14.4. The van der Waals surface area contributed by atoms with Crippen molar-refractivity contribution in [1.29, 1.82) is 0 Å². The number of nitro benzene ring substituents is 1. The molecule has 0 saturated carbocycles. The Hall–Kier alpha value is -2.32. The first kappa shape index (κ1) is 19.4. The number of hydrogen-bond acceptors (Lipinski definition) is 5. The molecule has 0 aromatic heterocycles. The van der Waals surface area contributed by atoms with E-state index in [1.54, 1.807) is 28.8 Å². The number of carbonyl (C=O) groups excluding carboxylic acids is 1. The predicted molar refractivity (Wildman–Crippen MR) is 102 cm³/mol. The molecule has 0 N–H and O–H groups in total. The summed E-state index contributed by atoms with van der Waals surface area (Å²) in [7, 11) is 0. The van der Waals surface area contributed by atoms with E-state index in [0.29, 0.717) is 16.8 Å². The van der Waals surface area contributed by atoms with Gasteiger partial charge >= 0.3 is 5.69 Å². The van der Waals surface area contributed by atoms with Gasteiger partial charge in [-0.15, -0.1) is 11.8 Å². The minimum Gasteiger partial charge on any atom is -0.484 e. The highest BCUT2D eigenvalue weighted by molar-refractivity contribution is 8.00. The van der Waals surface area contributed by atoms with E-state index in [4.69, 9.17) is 16.3 Å². The standard InChI is InChI=1S/C18H16ClFN2O4S/c1-11-6-7-21(16-8-12(19)2-5-17(16)27-11)18(23)10-26-13-3-4-15(22(24)25)14(20)9-13/h2-5,8-9,11H,6-7,10H2,1H3. The van der Waals surface area contributed by atoms with E-state index in [1.807, 2.05) is 6.07 Å². The van der Waals surface area contributed by atoms with Gasteiger partial charge in [-0.2, -0.15) is 4.39 Å². The van der Waals surface area contributed by atoms with Gasteiger partial charge in [-0.25, -0.2) is 0 Å². The van der Waals surface area contributed by atoms with Crippen molar-refractivity contribution >= 4 is 40.6 Å². The molecule has 6 nitrogen and oxygen atoms in total. The van der Waals surface area contributed by atoms with Gasteiger partial charge in [0.05, 0.1) is 10.6 Å². The Kier molecular flexibility index (Phi) is 5.86. The second-order valence-corrected chi connectivity index (χ2v) is 7.95. The number of amides is 1. The van der Waals surface area contributed by atoms with Gasteiger partial charge in [0.25, 0.3) is 5.91 Å². The van der Waals surface area contributed by atoms with Crippen molar-refractivity contribution in [3.63, 3.8) is 0 Å². The van der Waals surface area contributed by atoms with E-state index in [0.717, 1.165) is 29.1 Å². The lowest BCUT2D eigenvalue weighted by Crippen LogP contribution is -2.36. The molecule has 0 radical (unpaired) electrons. The highest BCUT2D eigenvalue weighted by atomic mass is 35.5. The molecule has 142 valence electrons. The van der Waals surface area contributed by atoms with Crippen LogP contribution in [0.1, 0.15) is 13.3 Å². The molecule has 1 atom stereocenters. The fraction of sp³-hybridized carbons (Fsp3) is 0.278. The summed E-state index contributed by atoms with van der Waals surface area (Å²) < 4.78 is 19.0. The van der Waals surface area contributed by atoms with Crippen LogP contribution >= 0.6 is 23.4 Å². The highest BCUT2D eigenvalue weighted by Crippen LogP contribution is 2.39. The maximum Gasteiger partial charge on any atom is 0.305 e. The normalized spacial score (nSPS) is 16.4. The van der Waals surface area contributed by atoms with Crippen LogP contribution in [0.4, 0.5) is 15.8 Å². The Bertz CT molecular complexity index is 896. The van der Waals surface area contributed by atoms with Crippen LogP contribution in [0.5, 0.6) is 5.75 Å². The lowest BCUT2D eigenvalue weighted by molar-refractivity contribution is -0.387. The lowest BCUT2D eigenvalue weighted by atomic mass is 10.2. The Morgan fingerprint density at radius 1 is 1.41 bits per heavy atom. The van der Waals surface area contributed by atoms with Crippen LogP contribution in [0.3, 0.4) is 0 Å². The van der Waals surface area contributed by atoms with E-state index in [-0.39, 0.29) is 18.3 Å². The first-order valence-corrected chi connectivity index (χ1v) is 9.44. The maximum atomic E-state index is 13.7. The fourth-order valence-electron chi connectivity index (χ4n) is 2.72. The van der Waals surface area contributed by atoms with Crippen molar-refractivity contribution in [3.8, 4) is 5.75 Å². The summed E-state index contributed by atoms with van der Waals surface area (Å²) in [5.74, 6) is -1.26. The molecule has 1 aliphatic rings. The quantitative estimate of drug-likeness (QED) is 0.540. The number of benzene rings is 2. The smallest absolute Gasteiger partial charge is 0.305 e. The maximum absolute atomic E-state index is 13.7. The first-order chi connectivity index (χ1) is 12.8. The summed E-state index contributed by atoms with van der Waals surface area (Å²) >= 11 is 7.77. The van der Waals surface area contributed by atoms with Crippen LogP contribution in [0.15, 0.2) is 41.3 Å². The molecule has 3 rings (SSSR count). The monoisotopic (exact) mass is 410 g/mol. The Balaban J connectivity index is 1.75. The molecule has 0 spiro atoms. The van der Waals surface area contributed by atoms with Crippen LogP contribution in [0, 0.1) is 15.9 Å². The third-order valence-electron chi connectivity index (χ3n) is 4.08. The van der Waals surface area contributed by atoms with Gasteiger partial charge in [0.15, 0.2) is 6.61 Å². The SMILES string of the molecule is CC1CCN(C(=O)COc2ccc([N+](=O)[O-])c(F)c2)c2cc(Cl)ccc2S1. The summed E-state index contributed by atoms with van der Waals surface area (Å²) in [4.78, 5) is 25.1. The fourth-order valence-corrected chi connectivity index (χ4v) is 3.98. The van der Waals surface area contributed by atoms with E-state index < -0.39 is 16.4 Å². The number of anilines is 1.